The summed E-state index contributed by atoms with van der Waals surface area (Å²) < 4.78 is 12.0. The third kappa shape index (κ3) is 7.11. The van der Waals surface area contributed by atoms with Crippen molar-refractivity contribution in [3.8, 4) is 11.5 Å². The Balaban J connectivity index is 1.66. The van der Waals surface area contributed by atoms with Gasteiger partial charge in [0.05, 0.1) is 12.4 Å². The maximum Gasteiger partial charge on any atom is 0.128 e. The van der Waals surface area contributed by atoms with Crippen LogP contribution >= 0.6 is 0 Å². The largest absolute Gasteiger partial charge is 0.488 e. The van der Waals surface area contributed by atoms with E-state index in [1.807, 2.05) is 60.7 Å². The van der Waals surface area contributed by atoms with Crippen molar-refractivity contribution < 1.29 is 19.9 Å². The number of hydrogen-bond acceptors (Lipinski definition) is 6. The number of hydrogen-bond donors (Lipinski definition) is 2. The molecular weight excluding hydrogens is 452 g/mol. The fourth-order valence-electron chi connectivity index (χ4n) is 3.67. The molecule has 6 nitrogen and oxygen atoms in total. The van der Waals surface area contributed by atoms with Gasteiger partial charge in [-0.05, 0) is 57.3 Å². The summed E-state index contributed by atoms with van der Waals surface area (Å²) in [7, 11) is 0. The molecule has 0 fully saturated rings. The zero-order valence-corrected chi connectivity index (χ0v) is 21.9. The van der Waals surface area contributed by atoms with Crippen molar-refractivity contribution in [3.63, 3.8) is 0 Å². The van der Waals surface area contributed by atoms with Crippen LogP contribution in [0.25, 0.3) is 0 Å². The Bertz CT molecular complexity index is 1120. The highest BCUT2D eigenvalue weighted by molar-refractivity contribution is 5.84. The Morgan fingerprint density at radius 2 is 0.972 bits per heavy atom. The monoisotopic (exact) mass is 488 g/mol. The maximum atomic E-state index is 9.07. The van der Waals surface area contributed by atoms with E-state index in [0.29, 0.717) is 24.7 Å². The highest BCUT2D eigenvalue weighted by atomic mass is 16.5. The van der Waals surface area contributed by atoms with E-state index in [1.54, 1.807) is 0 Å². The Kier molecular flexibility index (Phi) is 8.41. The summed E-state index contributed by atoms with van der Waals surface area (Å²) >= 11 is 0. The Morgan fingerprint density at radius 3 is 1.28 bits per heavy atom. The number of rotatable bonds is 8. The van der Waals surface area contributed by atoms with Gasteiger partial charge in [-0.3, -0.25) is 0 Å². The minimum Gasteiger partial charge on any atom is -0.488 e. The second-order valence-electron chi connectivity index (χ2n) is 10.9. The van der Waals surface area contributed by atoms with Gasteiger partial charge in [0.2, 0.25) is 0 Å². The number of nitrogens with zero attached hydrogens (tertiary/aromatic N) is 2. The van der Waals surface area contributed by atoms with Gasteiger partial charge in [0, 0.05) is 11.1 Å². The molecule has 0 aliphatic carbocycles. The van der Waals surface area contributed by atoms with Gasteiger partial charge in [-0.1, -0.05) is 88.3 Å². The standard InChI is InChI=1S/C30H36N2O4/c1-29(2,3)25-11-13-27(23(15-25)17-31-33)35-19-21-7-9-22(10-8-21)20-36-28-14-12-26(30(4,5)6)16-24(28)18-32-34/h7-18,33-34H,19-20H2,1-6H3/b31-17+,32-18+. The molecule has 0 aliphatic heterocycles. The molecule has 0 bridgehead atoms. The van der Waals surface area contributed by atoms with E-state index in [4.69, 9.17) is 19.9 Å². The second-order valence-corrected chi connectivity index (χ2v) is 10.9. The van der Waals surface area contributed by atoms with Crippen LogP contribution in [0.3, 0.4) is 0 Å². The first-order valence-corrected chi connectivity index (χ1v) is 12.0. The molecule has 36 heavy (non-hydrogen) atoms. The molecule has 0 spiro atoms. The predicted molar refractivity (Wildman–Crippen MR) is 144 cm³/mol. The number of benzene rings is 3. The molecule has 0 amide bonds. The molecule has 0 atom stereocenters. The van der Waals surface area contributed by atoms with Gasteiger partial charge in [0.25, 0.3) is 0 Å². The van der Waals surface area contributed by atoms with Crippen molar-refractivity contribution in [2.75, 3.05) is 0 Å². The molecule has 0 saturated carbocycles. The molecule has 3 rings (SSSR count). The lowest BCUT2D eigenvalue weighted by Crippen LogP contribution is -2.12. The van der Waals surface area contributed by atoms with Gasteiger partial charge in [-0.25, -0.2) is 0 Å². The van der Waals surface area contributed by atoms with Crippen molar-refractivity contribution in [3.05, 3.63) is 94.0 Å². The lowest BCUT2D eigenvalue weighted by Gasteiger charge is -2.20. The summed E-state index contributed by atoms with van der Waals surface area (Å²) in [5, 5.41) is 24.5. The molecule has 0 aromatic heterocycles. The van der Waals surface area contributed by atoms with Gasteiger partial charge in [0.15, 0.2) is 0 Å². The van der Waals surface area contributed by atoms with E-state index in [1.165, 1.54) is 12.4 Å². The first-order valence-electron chi connectivity index (χ1n) is 12.0. The van der Waals surface area contributed by atoms with E-state index < -0.39 is 0 Å². The van der Waals surface area contributed by atoms with Crippen LogP contribution in [-0.2, 0) is 24.0 Å². The van der Waals surface area contributed by atoms with Crippen LogP contribution < -0.4 is 9.47 Å². The Labute approximate surface area is 213 Å². The summed E-state index contributed by atoms with van der Waals surface area (Å²) in [4.78, 5) is 0. The summed E-state index contributed by atoms with van der Waals surface area (Å²) in [5.41, 5.74) is 5.71. The SMILES string of the molecule is CC(C)(C)c1ccc(OCc2ccc(COc3ccc(C(C)(C)C)cc3/C=N/O)cc2)c(/C=N/O)c1. The first-order chi connectivity index (χ1) is 17.0. The zero-order valence-electron chi connectivity index (χ0n) is 21.9. The molecule has 3 aromatic rings. The molecule has 190 valence electrons. The smallest absolute Gasteiger partial charge is 0.128 e. The van der Waals surface area contributed by atoms with Crippen LogP contribution in [0.4, 0.5) is 0 Å². The molecular formula is C30H36N2O4. The van der Waals surface area contributed by atoms with E-state index in [-0.39, 0.29) is 10.8 Å². The lowest BCUT2D eigenvalue weighted by molar-refractivity contribution is 0.300. The van der Waals surface area contributed by atoms with Gasteiger partial charge in [-0.15, -0.1) is 0 Å². The minimum absolute atomic E-state index is 0.0191. The van der Waals surface area contributed by atoms with Crippen LogP contribution in [0.15, 0.2) is 71.0 Å². The summed E-state index contributed by atoms with van der Waals surface area (Å²) in [6.45, 7) is 13.6. The fourth-order valence-corrected chi connectivity index (χ4v) is 3.67. The zero-order chi connectivity index (χ0) is 26.3. The van der Waals surface area contributed by atoms with Crippen molar-refractivity contribution >= 4 is 12.4 Å². The van der Waals surface area contributed by atoms with Gasteiger partial charge < -0.3 is 19.9 Å². The van der Waals surface area contributed by atoms with Crippen LogP contribution in [0.1, 0.15) is 74.9 Å². The number of ether oxygens (including phenoxy) is 2. The molecule has 0 radical (unpaired) electrons. The summed E-state index contributed by atoms with van der Waals surface area (Å²) in [6, 6.07) is 19.9. The third-order valence-corrected chi connectivity index (χ3v) is 5.96. The van der Waals surface area contributed by atoms with Crippen molar-refractivity contribution in [1.82, 2.24) is 0 Å². The Morgan fingerprint density at radius 1 is 0.611 bits per heavy atom. The van der Waals surface area contributed by atoms with E-state index in [9.17, 15) is 0 Å². The van der Waals surface area contributed by atoms with Crippen molar-refractivity contribution in [2.24, 2.45) is 10.3 Å². The van der Waals surface area contributed by atoms with Crippen LogP contribution in [0.2, 0.25) is 0 Å². The first kappa shape index (κ1) is 26.8. The summed E-state index contributed by atoms with van der Waals surface area (Å²) in [5.74, 6) is 1.31. The molecule has 0 unspecified atom stereocenters. The lowest BCUT2D eigenvalue weighted by atomic mass is 9.86. The Hall–Kier alpha value is -3.80. The molecule has 0 saturated heterocycles. The van der Waals surface area contributed by atoms with E-state index in [0.717, 1.165) is 33.4 Å². The molecule has 0 aliphatic rings. The topological polar surface area (TPSA) is 83.6 Å². The van der Waals surface area contributed by atoms with Crippen LogP contribution in [-0.4, -0.2) is 22.8 Å². The highest BCUT2D eigenvalue weighted by Crippen LogP contribution is 2.29. The molecule has 3 aromatic carbocycles. The van der Waals surface area contributed by atoms with Crippen LogP contribution in [0.5, 0.6) is 11.5 Å². The van der Waals surface area contributed by atoms with Gasteiger partial charge >= 0.3 is 0 Å². The second kappa shape index (κ2) is 11.3. The van der Waals surface area contributed by atoms with E-state index >= 15 is 0 Å². The summed E-state index contributed by atoms with van der Waals surface area (Å²) in [6.07, 6.45) is 2.80. The minimum atomic E-state index is -0.0191. The molecule has 0 heterocycles. The highest BCUT2D eigenvalue weighted by Gasteiger charge is 2.17. The average Bonchev–Trinajstić information content (AvgIpc) is 2.82. The van der Waals surface area contributed by atoms with Gasteiger partial charge in [0.1, 0.15) is 24.7 Å². The van der Waals surface area contributed by atoms with Crippen LogP contribution in [0, 0.1) is 0 Å². The van der Waals surface area contributed by atoms with E-state index in [2.05, 4.69) is 51.9 Å². The predicted octanol–water partition coefficient (Wildman–Crippen LogP) is 7.06. The maximum absolute atomic E-state index is 9.07. The number of oxime groups is 2. The molecule has 6 heteroatoms. The fraction of sp³-hybridized carbons (Fsp3) is 0.333. The van der Waals surface area contributed by atoms with Gasteiger partial charge in [-0.2, -0.15) is 0 Å². The third-order valence-electron chi connectivity index (χ3n) is 5.96. The average molecular weight is 489 g/mol. The molecule has 2 N–H and O–H groups in total. The van der Waals surface area contributed by atoms with Crippen molar-refractivity contribution in [1.29, 1.82) is 0 Å². The normalized spacial score (nSPS) is 12.4. The van der Waals surface area contributed by atoms with Crippen molar-refractivity contribution in [2.45, 2.75) is 65.6 Å². The quantitative estimate of drug-likeness (QED) is 0.202.